The van der Waals surface area contributed by atoms with Crippen molar-refractivity contribution in [2.45, 2.75) is 9.92 Å². The molecule has 1 amide bonds. The Labute approximate surface area is 204 Å². The van der Waals surface area contributed by atoms with Gasteiger partial charge in [-0.25, -0.2) is 17.2 Å². The Hall–Kier alpha value is -3.57. The molecule has 180 valence electrons. The van der Waals surface area contributed by atoms with Crippen molar-refractivity contribution in [3.8, 4) is 10.8 Å². The van der Waals surface area contributed by atoms with E-state index in [2.05, 4.69) is 4.98 Å². The van der Waals surface area contributed by atoms with Crippen LogP contribution in [0.15, 0.2) is 80.4 Å². The maximum atomic E-state index is 13.5. The fourth-order valence-corrected chi connectivity index (χ4v) is 5.79. The lowest BCUT2D eigenvalue weighted by molar-refractivity contribution is 0.0744. The highest BCUT2D eigenvalue weighted by Crippen LogP contribution is 2.36. The average Bonchev–Trinajstić information content (AvgIpc) is 3.55. The third kappa shape index (κ3) is 4.56. The predicted molar refractivity (Wildman–Crippen MR) is 126 cm³/mol. The molecule has 1 aliphatic rings. The third-order valence-corrected chi connectivity index (χ3v) is 8.14. The van der Waals surface area contributed by atoms with E-state index in [9.17, 15) is 22.0 Å². The van der Waals surface area contributed by atoms with Crippen molar-refractivity contribution < 1.29 is 26.4 Å². The number of oxazole rings is 1. The Kier molecular flexibility index (Phi) is 6.12. The van der Waals surface area contributed by atoms with E-state index in [1.807, 2.05) is 5.38 Å². The molecule has 4 aromatic rings. The first kappa shape index (κ1) is 23.2. The molecule has 0 atom stereocenters. The number of carbonyl (C=O) groups excluding carboxylic acids is 1. The van der Waals surface area contributed by atoms with Gasteiger partial charge in [-0.2, -0.15) is 4.98 Å². The van der Waals surface area contributed by atoms with Gasteiger partial charge in [0.05, 0.1) is 9.77 Å². The van der Waals surface area contributed by atoms with Crippen LogP contribution in [0.25, 0.3) is 10.8 Å². The number of nitrogens with zero attached hydrogens (tertiary/aromatic N) is 3. The molecule has 5 rings (SSSR count). The lowest BCUT2D eigenvalue weighted by Crippen LogP contribution is -2.49. The molecule has 2 aromatic carbocycles. The average molecular weight is 516 g/mol. The fraction of sp³-hybridized carbons (Fsp3) is 0.167. The summed E-state index contributed by atoms with van der Waals surface area (Å²) < 4.78 is 59.7. The van der Waals surface area contributed by atoms with Crippen molar-refractivity contribution in [2.75, 3.05) is 31.1 Å². The molecular formula is C24H19F2N3O4S2. The molecule has 1 aliphatic heterocycles. The van der Waals surface area contributed by atoms with Gasteiger partial charge in [0.2, 0.25) is 26.6 Å². The molecule has 7 nitrogen and oxygen atoms in total. The minimum Gasteiger partial charge on any atom is -0.418 e. The molecule has 0 radical (unpaired) electrons. The van der Waals surface area contributed by atoms with E-state index in [4.69, 9.17) is 4.42 Å². The summed E-state index contributed by atoms with van der Waals surface area (Å²) in [5.74, 6) is -1.12. The van der Waals surface area contributed by atoms with E-state index < -0.39 is 21.5 Å². The molecule has 0 N–H and O–H groups in total. The molecule has 2 aromatic heterocycles. The molecule has 0 saturated carbocycles. The van der Waals surface area contributed by atoms with Crippen molar-refractivity contribution in [3.63, 3.8) is 0 Å². The largest absolute Gasteiger partial charge is 0.418 e. The normalized spacial score (nSPS) is 14.3. The van der Waals surface area contributed by atoms with Crippen molar-refractivity contribution in [1.29, 1.82) is 0 Å². The number of hydrogen-bond acceptors (Lipinski definition) is 7. The van der Waals surface area contributed by atoms with Gasteiger partial charge in [-0.3, -0.25) is 4.79 Å². The zero-order chi connectivity index (χ0) is 24.6. The second-order valence-electron chi connectivity index (χ2n) is 7.85. The van der Waals surface area contributed by atoms with Crippen LogP contribution in [0.3, 0.4) is 0 Å². The number of hydrogen-bond donors (Lipinski definition) is 0. The number of aromatic nitrogens is 1. The third-order valence-electron chi connectivity index (χ3n) is 5.62. The predicted octanol–water partition coefficient (Wildman–Crippen LogP) is 4.48. The number of rotatable bonds is 5. The Balaban J connectivity index is 1.44. The minimum absolute atomic E-state index is 0.0654. The zero-order valence-electron chi connectivity index (χ0n) is 18.2. The van der Waals surface area contributed by atoms with Crippen molar-refractivity contribution in [2.24, 2.45) is 0 Å². The van der Waals surface area contributed by atoms with E-state index in [-0.39, 0.29) is 59.3 Å². The second kappa shape index (κ2) is 9.23. The maximum absolute atomic E-state index is 13.5. The van der Waals surface area contributed by atoms with E-state index in [1.54, 1.807) is 28.0 Å². The first-order valence-corrected chi connectivity index (χ1v) is 13.0. The van der Waals surface area contributed by atoms with E-state index in [1.165, 1.54) is 41.7 Å². The van der Waals surface area contributed by atoms with Gasteiger partial charge in [0.25, 0.3) is 5.91 Å². The highest BCUT2D eigenvalue weighted by atomic mass is 32.2. The maximum Gasteiger partial charge on any atom is 0.254 e. The minimum atomic E-state index is -4.11. The van der Waals surface area contributed by atoms with Crippen LogP contribution in [0.2, 0.25) is 0 Å². The molecule has 0 aliphatic carbocycles. The Bertz CT molecular complexity index is 1460. The molecule has 0 unspecified atom stereocenters. The van der Waals surface area contributed by atoms with Crippen LogP contribution in [-0.4, -0.2) is 50.4 Å². The first-order valence-electron chi connectivity index (χ1n) is 10.7. The Morgan fingerprint density at radius 3 is 2.34 bits per heavy atom. The SMILES string of the molecule is O=C(c1cccc(F)c1)N1CCN(c2oc(-c3cccs3)nc2S(=O)(=O)c2ccc(F)cc2)CC1. The lowest BCUT2D eigenvalue weighted by Gasteiger charge is -2.34. The zero-order valence-corrected chi connectivity index (χ0v) is 19.9. The van der Waals surface area contributed by atoms with Crippen LogP contribution >= 0.6 is 11.3 Å². The van der Waals surface area contributed by atoms with Crippen LogP contribution in [0, 0.1) is 11.6 Å². The summed E-state index contributed by atoms with van der Waals surface area (Å²) in [7, 11) is -4.11. The first-order chi connectivity index (χ1) is 16.8. The van der Waals surface area contributed by atoms with Crippen LogP contribution in [0.4, 0.5) is 14.7 Å². The van der Waals surface area contributed by atoms with Crippen LogP contribution in [0.5, 0.6) is 0 Å². The highest BCUT2D eigenvalue weighted by molar-refractivity contribution is 7.91. The van der Waals surface area contributed by atoms with Gasteiger partial charge in [-0.05, 0) is 53.9 Å². The van der Waals surface area contributed by atoms with E-state index in [0.29, 0.717) is 4.88 Å². The number of carbonyl (C=O) groups is 1. The molecule has 3 heterocycles. The second-order valence-corrected chi connectivity index (χ2v) is 10.7. The summed E-state index contributed by atoms with van der Waals surface area (Å²) >= 11 is 1.35. The number of anilines is 1. The summed E-state index contributed by atoms with van der Waals surface area (Å²) in [6.07, 6.45) is 0. The highest BCUT2D eigenvalue weighted by Gasteiger charge is 2.33. The van der Waals surface area contributed by atoms with Gasteiger partial charge >= 0.3 is 0 Å². The van der Waals surface area contributed by atoms with Crippen molar-refractivity contribution in [3.05, 3.63) is 83.2 Å². The molecule has 1 fully saturated rings. The standard InChI is InChI=1S/C24H19F2N3O4S2/c25-17-6-8-19(9-7-17)35(31,32)22-24(33-21(27-22)20-5-2-14-34-20)29-12-10-28(11-13-29)23(30)16-3-1-4-18(26)15-16/h1-9,14-15H,10-13H2. The number of sulfone groups is 1. The lowest BCUT2D eigenvalue weighted by atomic mass is 10.2. The monoisotopic (exact) mass is 515 g/mol. The molecule has 0 spiro atoms. The van der Waals surface area contributed by atoms with Crippen molar-refractivity contribution >= 4 is 33.0 Å². The Morgan fingerprint density at radius 1 is 0.943 bits per heavy atom. The summed E-state index contributed by atoms with van der Waals surface area (Å²) in [5, 5.41) is 1.56. The topological polar surface area (TPSA) is 83.7 Å². The number of piperazine rings is 1. The quantitative estimate of drug-likeness (QED) is 0.365. The molecule has 11 heteroatoms. The summed E-state index contributed by atoms with van der Waals surface area (Å²) in [5.41, 5.74) is 0.248. The molecular weight excluding hydrogens is 496 g/mol. The van der Waals surface area contributed by atoms with Gasteiger partial charge in [-0.1, -0.05) is 12.1 Å². The molecule has 1 saturated heterocycles. The van der Waals surface area contributed by atoms with E-state index >= 15 is 0 Å². The van der Waals surface area contributed by atoms with Crippen LogP contribution in [-0.2, 0) is 9.84 Å². The fourth-order valence-electron chi connectivity index (χ4n) is 3.82. The number of amides is 1. The van der Waals surface area contributed by atoms with Gasteiger partial charge in [0.1, 0.15) is 11.6 Å². The number of benzene rings is 2. The number of thiophene rings is 1. The number of halogens is 2. The molecule has 0 bridgehead atoms. The van der Waals surface area contributed by atoms with E-state index in [0.717, 1.165) is 12.1 Å². The van der Waals surface area contributed by atoms with Gasteiger partial charge < -0.3 is 14.2 Å². The van der Waals surface area contributed by atoms with Gasteiger partial charge in [0, 0.05) is 31.7 Å². The van der Waals surface area contributed by atoms with Crippen LogP contribution in [0.1, 0.15) is 10.4 Å². The Morgan fingerprint density at radius 2 is 1.69 bits per heavy atom. The van der Waals surface area contributed by atoms with Gasteiger partial charge in [-0.15, -0.1) is 11.3 Å². The van der Waals surface area contributed by atoms with Crippen LogP contribution < -0.4 is 4.90 Å². The molecule has 35 heavy (non-hydrogen) atoms. The summed E-state index contributed by atoms with van der Waals surface area (Å²) in [4.78, 5) is 20.9. The van der Waals surface area contributed by atoms with Gasteiger partial charge in [0.15, 0.2) is 0 Å². The summed E-state index contributed by atoms with van der Waals surface area (Å²) in [6.45, 7) is 1.12. The smallest absolute Gasteiger partial charge is 0.254 e. The summed E-state index contributed by atoms with van der Waals surface area (Å²) in [6, 6.07) is 13.6. The van der Waals surface area contributed by atoms with Crippen molar-refractivity contribution in [1.82, 2.24) is 9.88 Å².